The van der Waals surface area contributed by atoms with Gasteiger partial charge in [-0.3, -0.25) is 9.88 Å². The highest BCUT2D eigenvalue weighted by Crippen LogP contribution is 2.34. The van der Waals surface area contributed by atoms with Crippen LogP contribution in [0.1, 0.15) is 23.6 Å². The zero-order chi connectivity index (χ0) is 26.2. The third-order valence-corrected chi connectivity index (χ3v) is 8.04. The van der Waals surface area contributed by atoms with Crippen LogP contribution in [0.4, 0.5) is 17.6 Å². The first-order valence-electron chi connectivity index (χ1n) is 11.8. The second kappa shape index (κ2) is 10.3. The van der Waals surface area contributed by atoms with Crippen LogP contribution in [0.25, 0.3) is 16.6 Å². The molecule has 2 aromatic heterocycles. The fourth-order valence-electron chi connectivity index (χ4n) is 4.72. The van der Waals surface area contributed by atoms with Gasteiger partial charge in [-0.25, -0.2) is 17.6 Å². The summed E-state index contributed by atoms with van der Waals surface area (Å²) in [6, 6.07) is 12.9. The van der Waals surface area contributed by atoms with Crippen LogP contribution in [0.15, 0.2) is 72.0 Å². The lowest BCUT2D eigenvalue weighted by Crippen LogP contribution is -2.49. The van der Waals surface area contributed by atoms with Gasteiger partial charge < -0.3 is 0 Å². The maximum absolute atomic E-state index is 13.4. The summed E-state index contributed by atoms with van der Waals surface area (Å²) < 4.78 is 69.5. The number of hydrogen-bond acceptors (Lipinski definition) is 4. The van der Waals surface area contributed by atoms with Crippen LogP contribution in [0.5, 0.6) is 0 Å². The van der Waals surface area contributed by atoms with E-state index in [0.717, 1.165) is 22.0 Å². The lowest BCUT2D eigenvalue weighted by Gasteiger charge is -2.41. The molecule has 0 amide bonds. The van der Waals surface area contributed by atoms with E-state index in [1.165, 1.54) is 12.1 Å². The molecule has 2 atom stereocenters. The van der Waals surface area contributed by atoms with Crippen molar-refractivity contribution >= 4 is 21.9 Å². The number of pyridine rings is 1. The van der Waals surface area contributed by atoms with Crippen LogP contribution in [-0.4, -0.2) is 60.5 Å². The number of rotatable bonds is 6. The van der Waals surface area contributed by atoms with Crippen molar-refractivity contribution < 1.29 is 21.8 Å². The summed E-state index contributed by atoms with van der Waals surface area (Å²) >= 11 is 0. The third-order valence-electron chi connectivity index (χ3n) is 6.59. The zero-order valence-corrected chi connectivity index (χ0v) is 20.8. The predicted octanol–water partition coefficient (Wildman–Crippen LogP) is 5.20. The number of fused-ring (bicyclic) bond motifs is 1. The fraction of sp³-hybridized carbons (Fsp3) is 0.308. The molecule has 11 heteroatoms. The quantitative estimate of drug-likeness (QED) is 0.321. The molecule has 37 heavy (non-hydrogen) atoms. The van der Waals surface area contributed by atoms with Crippen molar-refractivity contribution in [2.24, 2.45) is 0 Å². The molecule has 0 bridgehead atoms. The Morgan fingerprint density at radius 2 is 1.86 bits per heavy atom. The fourth-order valence-corrected chi connectivity index (χ4v) is 5.89. The first-order chi connectivity index (χ1) is 17.7. The molecule has 2 aromatic carbocycles. The van der Waals surface area contributed by atoms with Gasteiger partial charge in [0.05, 0.1) is 28.7 Å². The van der Waals surface area contributed by atoms with E-state index in [4.69, 9.17) is 0 Å². The zero-order valence-electron chi connectivity index (χ0n) is 20.0. The Morgan fingerprint density at radius 1 is 1.08 bits per heavy atom. The Labute approximate surface area is 214 Å². The Hall–Kier alpha value is -3.15. The summed E-state index contributed by atoms with van der Waals surface area (Å²) in [5.41, 5.74) is 3.25. The van der Waals surface area contributed by atoms with Gasteiger partial charge in [-0.15, -0.1) is 0 Å². The number of alkyl halides is 3. The normalized spacial score (nSPS) is 18.4. The highest BCUT2D eigenvalue weighted by atomic mass is 32.2. The van der Waals surface area contributed by atoms with Crippen LogP contribution < -0.4 is 0 Å². The predicted molar refractivity (Wildman–Crippen MR) is 133 cm³/mol. The molecule has 1 saturated heterocycles. The van der Waals surface area contributed by atoms with Crippen molar-refractivity contribution in [3.8, 4) is 5.69 Å². The Bertz CT molecular complexity index is 1410. The van der Waals surface area contributed by atoms with Crippen molar-refractivity contribution in [2.75, 3.05) is 26.2 Å². The van der Waals surface area contributed by atoms with E-state index in [1.54, 1.807) is 51.8 Å². The summed E-state index contributed by atoms with van der Waals surface area (Å²) in [6.07, 6.45) is -0.351. The van der Waals surface area contributed by atoms with E-state index in [1.807, 2.05) is 24.0 Å². The summed E-state index contributed by atoms with van der Waals surface area (Å²) in [5, 5.41) is 5.27. The van der Waals surface area contributed by atoms with E-state index in [2.05, 4.69) is 10.1 Å². The molecule has 5 rings (SSSR count). The first-order valence-corrected chi connectivity index (χ1v) is 12.9. The second-order valence-corrected chi connectivity index (χ2v) is 10.5. The number of hydrogen-bond donors (Lipinski definition) is 0. The van der Waals surface area contributed by atoms with Crippen LogP contribution in [-0.2, 0) is 11.0 Å². The number of aryl methyl sites for hydroxylation is 1. The molecule has 3 heterocycles. The molecule has 4 aromatic rings. The number of nitrogens with zero attached hydrogens (tertiary/aromatic N) is 5. The average molecular weight is 532 g/mol. The lowest BCUT2D eigenvalue weighted by atomic mass is 9.96. The van der Waals surface area contributed by atoms with Gasteiger partial charge in [-0.05, 0) is 66.6 Å². The van der Waals surface area contributed by atoms with Gasteiger partial charge in [0, 0.05) is 50.0 Å². The molecule has 1 aliphatic heterocycles. The SMILES string of the molecule is Cc1cc2c(cnn2-c2ccc(F)cc2)cc1C1CN(S(=O)c2cccnc2)CCN1CCC(F)(F)F. The van der Waals surface area contributed by atoms with Gasteiger partial charge in [0.2, 0.25) is 0 Å². The van der Waals surface area contributed by atoms with Crippen LogP contribution in [0.3, 0.4) is 0 Å². The largest absolute Gasteiger partial charge is 0.390 e. The third kappa shape index (κ3) is 5.58. The van der Waals surface area contributed by atoms with E-state index in [9.17, 15) is 21.8 Å². The molecule has 1 aliphatic rings. The number of piperazine rings is 1. The van der Waals surface area contributed by atoms with Crippen molar-refractivity contribution in [3.63, 3.8) is 0 Å². The van der Waals surface area contributed by atoms with E-state index in [-0.39, 0.29) is 12.4 Å². The van der Waals surface area contributed by atoms with Crippen molar-refractivity contribution in [3.05, 3.63) is 84.1 Å². The number of halogens is 4. The van der Waals surface area contributed by atoms with Gasteiger partial charge in [-0.1, -0.05) is 0 Å². The topological polar surface area (TPSA) is 54.3 Å². The Morgan fingerprint density at radius 3 is 2.57 bits per heavy atom. The molecule has 0 aliphatic carbocycles. The van der Waals surface area contributed by atoms with Crippen molar-refractivity contribution in [2.45, 2.75) is 30.5 Å². The Balaban J connectivity index is 1.49. The highest BCUT2D eigenvalue weighted by Gasteiger charge is 2.35. The molecule has 0 spiro atoms. The van der Waals surface area contributed by atoms with Gasteiger partial charge in [-0.2, -0.15) is 18.3 Å². The maximum atomic E-state index is 13.4. The smallest absolute Gasteiger partial charge is 0.293 e. The second-order valence-electron chi connectivity index (χ2n) is 9.04. The summed E-state index contributed by atoms with van der Waals surface area (Å²) in [7, 11) is -1.48. The Kier molecular flexibility index (Phi) is 7.11. The molecule has 6 nitrogen and oxygen atoms in total. The number of benzene rings is 2. The van der Waals surface area contributed by atoms with Crippen molar-refractivity contribution in [1.29, 1.82) is 0 Å². The minimum absolute atomic E-state index is 0.145. The standard InChI is InChI=1S/C26H25F4N5OS/c1-18-13-24-19(15-32-35(24)21-6-4-20(27)5-7-21)14-23(18)25-17-34(37(36)22-3-2-9-31-16-22)12-11-33(25)10-8-26(28,29)30/h2-7,9,13-16,25H,8,10-12,17H2,1H3. The summed E-state index contributed by atoms with van der Waals surface area (Å²) in [5.74, 6) is -0.344. The van der Waals surface area contributed by atoms with E-state index < -0.39 is 29.6 Å². The molecule has 0 N–H and O–H groups in total. The van der Waals surface area contributed by atoms with Crippen LogP contribution >= 0.6 is 0 Å². The van der Waals surface area contributed by atoms with E-state index >= 15 is 0 Å². The first kappa shape index (κ1) is 25.5. The molecule has 2 unspecified atom stereocenters. The molecule has 194 valence electrons. The van der Waals surface area contributed by atoms with Gasteiger partial charge in [0.15, 0.2) is 0 Å². The summed E-state index contributed by atoms with van der Waals surface area (Å²) in [4.78, 5) is 6.42. The van der Waals surface area contributed by atoms with Gasteiger partial charge >= 0.3 is 6.18 Å². The van der Waals surface area contributed by atoms with E-state index in [0.29, 0.717) is 30.2 Å². The van der Waals surface area contributed by atoms with Gasteiger partial charge in [0.1, 0.15) is 16.8 Å². The molecular weight excluding hydrogens is 506 g/mol. The minimum atomic E-state index is -4.27. The van der Waals surface area contributed by atoms with Crippen LogP contribution in [0, 0.1) is 12.7 Å². The van der Waals surface area contributed by atoms with Crippen molar-refractivity contribution in [1.82, 2.24) is 24.0 Å². The molecular formula is C26H25F4N5OS. The molecule has 0 radical (unpaired) electrons. The minimum Gasteiger partial charge on any atom is -0.293 e. The lowest BCUT2D eigenvalue weighted by molar-refractivity contribution is -0.140. The monoisotopic (exact) mass is 531 g/mol. The van der Waals surface area contributed by atoms with Crippen LogP contribution in [0.2, 0.25) is 0 Å². The maximum Gasteiger partial charge on any atom is 0.390 e. The highest BCUT2D eigenvalue weighted by molar-refractivity contribution is 7.82. The molecule has 1 fully saturated rings. The average Bonchev–Trinajstić information content (AvgIpc) is 3.29. The molecule has 0 saturated carbocycles. The summed E-state index contributed by atoms with van der Waals surface area (Å²) in [6.45, 7) is 2.79. The number of aromatic nitrogens is 3. The van der Waals surface area contributed by atoms with Gasteiger partial charge in [0.25, 0.3) is 0 Å².